The van der Waals surface area contributed by atoms with Gasteiger partial charge in [0.2, 0.25) is 11.9 Å². The SMILES string of the molecule is Cc1ccnc(NS(=O)(=O)c2ccc(NC(=O)CCSc3nc(N)c(C#N)c(-c4ccccc4)c3C#N)cc2)n1. The number of nitrogens with one attached hydrogen (secondary N) is 2. The molecule has 4 aromatic rings. The molecule has 0 fully saturated rings. The van der Waals surface area contributed by atoms with Crippen molar-refractivity contribution < 1.29 is 13.2 Å². The molecule has 11 nitrogen and oxygen atoms in total. The van der Waals surface area contributed by atoms with Crippen LogP contribution in [-0.2, 0) is 14.8 Å². The van der Waals surface area contributed by atoms with Crippen molar-refractivity contribution in [3.63, 3.8) is 0 Å². The number of benzene rings is 2. The summed E-state index contributed by atoms with van der Waals surface area (Å²) < 4.78 is 27.6. The van der Waals surface area contributed by atoms with Gasteiger partial charge in [0.1, 0.15) is 28.5 Å². The number of hydrogen-bond donors (Lipinski definition) is 3. The maximum Gasteiger partial charge on any atom is 0.264 e. The number of nitrogen functional groups attached to an aromatic ring is 1. The number of pyridine rings is 1. The molecule has 13 heteroatoms. The van der Waals surface area contributed by atoms with E-state index in [1.165, 1.54) is 42.2 Å². The fourth-order valence-electron chi connectivity index (χ4n) is 3.65. The van der Waals surface area contributed by atoms with E-state index >= 15 is 0 Å². The molecule has 0 saturated carbocycles. The molecular weight excluding hydrogens is 548 g/mol. The summed E-state index contributed by atoms with van der Waals surface area (Å²) in [5, 5.41) is 22.5. The van der Waals surface area contributed by atoms with Gasteiger partial charge in [-0.2, -0.15) is 10.5 Å². The van der Waals surface area contributed by atoms with Crippen LogP contribution < -0.4 is 15.8 Å². The molecule has 200 valence electrons. The second kappa shape index (κ2) is 12.3. The summed E-state index contributed by atoms with van der Waals surface area (Å²) in [5.41, 5.74) is 8.45. The Bertz CT molecular complexity index is 1750. The highest BCUT2D eigenvalue weighted by molar-refractivity contribution is 7.99. The molecule has 2 heterocycles. The lowest BCUT2D eigenvalue weighted by molar-refractivity contribution is -0.115. The van der Waals surface area contributed by atoms with E-state index in [0.29, 0.717) is 27.5 Å². The molecule has 2 aromatic heterocycles. The van der Waals surface area contributed by atoms with Crippen molar-refractivity contribution in [1.29, 1.82) is 10.5 Å². The van der Waals surface area contributed by atoms with Gasteiger partial charge >= 0.3 is 0 Å². The van der Waals surface area contributed by atoms with Crippen LogP contribution >= 0.6 is 11.8 Å². The van der Waals surface area contributed by atoms with E-state index in [9.17, 15) is 23.7 Å². The lowest BCUT2D eigenvalue weighted by Crippen LogP contribution is -2.16. The lowest BCUT2D eigenvalue weighted by Gasteiger charge is -2.13. The fraction of sp³-hybridized carbons (Fsp3) is 0.111. The highest BCUT2D eigenvalue weighted by atomic mass is 32.2. The van der Waals surface area contributed by atoms with Gasteiger partial charge in [-0.1, -0.05) is 30.3 Å². The number of aromatic nitrogens is 3. The Hall–Kier alpha value is -4.98. The summed E-state index contributed by atoms with van der Waals surface area (Å²) in [6.45, 7) is 1.72. The lowest BCUT2D eigenvalue weighted by atomic mass is 9.97. The summed E-state index contributed by atoms with van der Waals surface area (Å²) in [4.78, 5) is 24.7. The monoisotopic (exact) mass is 570 g/mol. The molecule has 0 saturated heterocycles. The van der Waals surface area contributed by atoms with E-state index in [0.717, 1.165) is 0 Å². The van der Waals surface area contributed by atoms with Crippen LogP contribution in [0.25, 0.3) is 11.1 Å². The molecule has 1 amide bonds. The maximum atomic E-state index is 12.6. The Morgan fingerprint density at radius 2 is 1.70 bits per heavy atom. The number of carbonyl (C=O) groups is 1. The Labute approximate surface area is 235 Å². The van der Waals surface area contributed by atoms with Gasteiger partial charge < -0.3 is 11.1 Å². The first-order chi connectivity index (χ1) is 19.2. The molecule has 40 heavy (non-hydrogen) atoms. The minimum absolute atomic E-state index is 0.00537. The van der Waals surface area contributed by atoms with Gasteiger partial charge in [0.15, 0.2) is 0 Å². The number of aryl methyl sites for hydroxylation is 1. The van der Waals surface area contributed by atoms with Crippen LogP contribution in [0.3, 0.4) is 0 Å². The van der Waals surface area contributed by atoms with Crippen molar-refractivity contribution in [3.05, 3.63) is 83.7 Å². The molecule has 0 bridgehead atoms. The molecule has 0 atom stereocenters. The standard InChI is InChI=1S/C27H22N8O3S2/c1-17-11-13-31-27(32-17)35-40(37,38)20-9-7-19(8-10-20)33-23(36)12-14-39-26-22(16-29)24(18-5-3-2-4-6-18)21(15-28)25(30)34-26/h2-11,13H,12,14H2,1H3,(H2,30,34)(H,33,36)(H,31,32,35). The molecular formula is C27H22N8O3S2. The van der Waals surface area contributed by atoms with Gasteiger partial charge in [-0.15, -0.1) is 11.8 Å². The number of hydrogen-bond acceptors (Lipinski definition) is 10. The molecule has 0 radical (unpaired) electrons. The predicted octanol–water partition coefficient (Wildman–Crippen LogP) is 4.09. The summed E-state index contributed by atoms with van der Waals surface area (Å²) in [6, 6.07) is 20.4. The number of nitrogens with zero attached hydrogens (tertiary/aromatic N) is 5. The van der Waals surface area contributed by atoms with E-state index in [2.05, 4.69) is 31.1 Å². The van der Waals surface area contributed by atoms with Gasteiger partial charge in [-0.05, 0) is 42.8 Å². The second-order valence-corrected chi connectivity index (χ2v) is 11.1. The van der Waals surface area contributed by atoms with Crippen molar-refractivity contribution >= 4 is 45.1 Å². The first-order valence-electron chi connectivity index (χ1n) is 11.8. The third kappa shape index (κ3) is 6.53. The average molecular weight is 571 g/mol. The largest absolute Gasteiger partial charge is 0.383 e. The summed E-state index contributed by atoms with van der Waals surface area (Å²) in [6.07, 6.45) is 1.52. The Kier molecular flexibility index (Phi) is 8.59. The first-order valence-corrected chi connectivity index (χ1v) is 14.2. The average Bonchev–Trinajstić information content (AvgIpc) is 2.93. The van der Waals surface area contributed by atoms with Crippen LogP contribution in [0.2, 0.25) is 0 Å². The number of sulfonamides is 1. The van der Waals surface area contributed by atoms with E-state index in [-0.39, 0.29) is 45.9 Å². The first kappa shape index (κ1) is 28.0. The van der Waals surface area contributed by atoms with Gasteiger partial charge in [-0.3, -0.25) is 4.79 Å². The maximum absolute atomic E-state index is 12.6. The smallest absolute Gasteiger partial charge is 0.264 e. The van der Waals surface area contributed by atoms with Crippen LogP contribution in [0.1, 0.15) is 23.2 Å². The molecule has 4 rings (SSSR count). The van der Waals surface area contributed by atoms with E-state index < -0.39 is 10.0 Å². The van der Waals surface area contributed by atoms with Crippen molar-refractivity contribution in [2.45, 2.75) is 23.3 Å². The number of thioether (sulfide) groups is 1. The molecule has 0 spiro atoms. The van der Waals surface area contributed by atoms with Gasteiger partial charge in [0.05, 0.1) is 10.5 Å². The zero-order chi connectivity index (χ0) is 28.7. The quantitative estimate of drug-likeness (QED) is 0.247. The minimum Gasteiger partial charge on any atom is -0.383 e. The number of nitrogens with two attached hydrogens (primary N) is 1. The van der Waals surface area contributed by atoms with Crippen molar-refractivity contribution in [1.82, 2.24) is 15.0 Å². The molecule has 0 aliphatic heterocycles. The van der Waals surface area contributed by atoms with Crippen molar-refractivity contribution in [3.8, 4) is 23.3 Å². The predicted molar refractivity (Wildman–Crippen MR) is 152 cm³/mol. The number of anilines is 3. The highest BCUT2D eigenvalue weighted by Gasteiger charge is 2.21. The fourth-order valence-corrected chi connectivity index (χ4v) is 5.54. The van der Waals surface area contributed by atoms with Gasteiger partial charge in [0.25, 0.3) is 10.0 Å². The van der Waals surface area contributed by atoms with Crippen molar-refractivity contribution in [2.75, 3.05) is 21.5 Å². The van der Waals surface area contributed by atoms with Crippen LogP contribution in [0.4, 0.5) is 17.5 Å². The van der Waals surface area contributed by atoms with Gasteiger partial charge in [-0.25, -0.2) is 28.1 Å². The van der Waals surface area contributed by atoms with E-state index in [1.54, 1.807) is 37.3 Å². The van der Waals surface area contributed by atoms with Crippen LogP contribution in [0.5, 0.6) is 0 Å². The highest BCUT2D eigenvalue weighted by Crippen LogP contribution is 2.35. The summed E-state index contributed by atoms with van der Waals surface area (Å²) in [7, 11) is -3.91. The molecule has 0 unspecified atom stereocenters. The second-order valence-electron chi connectivity index (χ2n) is 8.31. The van der Waals surface area contributed by atoms with Gasteiger partial charge in [0, 0.05) is 35.3 Å². The van der Waals surface area contributed by atoms with Crippen LogP contribution in [-0.4, -0.2) is 35.0 Å². The Morgan fingerprint density at radius 3 is 2.35 bits per heavy atom. The number of amides is 1. The normalized spacial score (nSPS) is 10.8. The third-order valence-electron chi connectivity index (χ3n) is 5.51. The minimum atomic E-state index is -3.91. The van der Waals surface area contributed by atoms with Crippen molar-refractivity contribution in [2.24, 2.45) is 0 Å². The van der Waals surface area contributed by atoms with Crippen LogP contribution in [0, 0.1) is 29.6 Å². The topological polar surface area (TPSA) is 188 Å². The Balaban J connectivity index is 1.40. The zero-order valence-electron chi connectivity index (χ0n) is 21.1. The molecule has 0 aliphatic rings. The van der Waals surface area contributed by atoms with E-state index in [4.69, 9.17) is 5.73 Å². The zero-order valence-corrected chi connectivity index (χ0v) is 22.8. The number of nitriles is 2. The van der Waals surface area contributed by atoms with Crippen LogP contribution in [0.15, 0.2) is 76.8 Å². The molecule has 4 N–H and O–H groups in total. The molecule has 2 aromatic carbocycles. The molecule has 0 aliphatic carbocycles. The Morgan fingerprint density at radius 1 is 1.00 bits per heavy atom. The number of rotatable bonds is 9. The van der Waals surface area contributed by atoms with E-state index in [1.807, 2.05) is 12.1 Å². The number of carbonyl (C=O) groups excluding carboxylic acids is 1. The summed E-state index contributed by atoms with van der Waals surface area (Å²) >= 11 is 1.18. The third-order valence-corrected chi connectivity index (χ3v) is 7.84. The summed E-state index contributed by atoms with van der Waals surface area (Å²) in [5.74, 6) is -0.0765.